The van der Waals surface area contributed by atoms with E-state index in [0.29, 0.717) is 18.9 Å². The molecule has 0 saturated carbocycles. The van der Waals surface area contributed by atoms with E-state index >= 15 is 0 Å². The third-order valence-electron chi connectivity index (χ3n) is 4.85. The van der Waals surface area contributed by atoms with E-state index in [1.165, 1.54) is 16.9 Å². The molecule has 1 saturated heterocycles. The van der Waals surface area contributed by atoms with Gasteiger partial charge in [-0.05, 0) is 51.2 Å². The maximum absolute atomic E-state index is 12.5. The molecule has 2 amide bonds. The van der Waals surface area contributed by atoms with Crippen LogP contribution >= 0.6 is 0 Å². The highest BCUT2D eigenvalue weighted by Gasteiger charge is 2.38. The Hall–Kier alpha value is -1.97. The van der Waals surface area contributed by atoms with Crippen LogP contribution in [0.15, 0.2) is 36.0 Å². The highest BCUT2D eigenvalue weighted by molar-refractivity contribution is 6.03. The molecule has 136 valence electrons. The van der Waals surface area contributed by atoms with Gasteiger partial charge in [0.25, 0.3) is 0 Å². The Morgan fingerprint density at radius 2 is 2.12 bits per heavy atom. The Kier molecular flexibility index (Phi) is 7.35. The van der Waals surface area contributed by atoms with Gasteiger partial charge in [-0.1, -0.05) is 37.5 Å². The summed E-state index contributed by atoms with van der Waals surface area (Å²) in [7, 11) is 0. The van der Waals surface area contributed by atoms with Crippen molar-refractivity contribution in [2.45, 2.75) is 65.8 Å². The van der Waals surface area contributed by atoms with Crippen molar-refractivity contribution >= 4 is 11.8 Å². The van der Waals surface area contributed by atoms with Crippen LogP contribution in [-0.4, -0.2) is 21.7 Å². The maximum atomic E-state index is 12.5. The first-order valence-corrected chi connectivity index (χ1v) is 9.35. The van der Waals surface area contributed by atoms with Crippen LogP contribution in [0.25, 0.3) is 0 Å². The molecule has 4 nitrogen and oxygen atoms in total. The van der Waals surface area contributed by atoms with Gasteiger partial charge in [0.2, 0.25) is 11.8 Å². The van der Waals surface area contributed by atoms with E-state index in [-0.39, 0.29) is 17.7 Å². The average Bonchev–Trinajstić information content (AvgIpc) is 2.83. The number of nitrogens with zero attached hydrogens (tertiary/aromatic N) is 2. The first-order chi connectivity index (χ1) is 12.0. The number of carbonyl (C=O) groups is 2. The summed E-state index contributed by atoms with van der Waals surface area (Å²) >= 11 is 0. The minimum absolute atomic E-state index is 0.0205. The zero-order valence-corrected chi connectivity index (χ0v) is 15.7. The molecule has 1 aliphatic rings. The maximum Gasteiger partial charge on any atom is 0.233 e. The number of aromatic nitrogens is 1. The Balaban J connectivity index is 1.75. The third-order valence-corrected chi connectivity index (χ3v) is 4.85. The van der Waals surface area contributed by atoms with E-state index in [0.717, 1.165) is 31.4 Å². The summed E-state index contributed by atoms with van der Waals surface area (Å²) in [6.45, 7) is 6.83. The van der Waals surface area contributed by atoms with E-state index in [1.807, 2.05) is 18.2 Å². The summed E-state index contributed by atoms with van der Waals surface area (Å²) in [6, 6.07) is 5.56. The van der Waals surface area contributed by atoms with Crippen LogP contribution in [-0.2, 0) is 16.1 Å². The molecule has 2 rings (SSSR count). The van der Waals surface area contributed by atoms with Gasteiger partial charge in [-0.15, -0.1) is 0 Å². The molecule has 1 aromatic rings. The van der Waals surface area contributed by atoms with Gasteiger partial charge in [0, 0.05) is 18.5 Å². The fourth-order valence-corrected chi connectivity index (χ4v) is 3.31. The first kappa shape index (κ1) is 19.4. The minimum Gasteiger partial charge on any atom is -0.276 e. The molecular weight excluding hydrogens is 312 g/mol. The number of likely N-dealkylation sites (tertiary alicyclic amines) is 1. The van der Waals surface area contributed by atoms with Gasteiger partial charge in [0.05, 0.1) is 12.2 Å². The number of imide groups is 1. The summed E-state index contributed by atoms with van der Waals surface area (Å²) in [5.41, 5.74) is 2.13. The van der Waals surface area contributed by atoms with Gasteiger partial charge < -0.3 is 0 Å². The number of carbonyl (C=O) groups excluding carboxylic acids is 2. The molecule has 0 radical (unpaired) electrons. The standard InChI is InChI=1S/C21H30N2O2/c1-16(2)8-6-9-17(3)10-7-11-18-14-20(24)23(21(18)25)15-19-12-4-5-13-22-19/h4-5,8,12-13,17-18H,6-7,9-11,14-15H2,1-3H3. The highest BCUT2D eigenvalue weighted by atomic mass is 16.2. The second-order valence-electron chi connectivity index (χ2n) is 7.44. The molecule has 0 N–H and O–H groups in total. The van der Waals surface area contributed by atoms with E-state index < -0.39 is 0 Å². The average molecular weight is 342 g/mol. The number of hydrogen-bond acceptors (Lipinski definition) is 3. The number of allylic oxidation sites excluding steroid dienone is 2. The molecule has 1 fully saturated rings. The predicted octanol–water partition coefficient (Wildman–Crippen LogP) is 4.51. The number of pyridine rings is 1. The van der Waals surface area contributed by atoms with Crippen LogP contribution in [0.1, 0.15) is 65.0 Å². The quantitative estimate of drug-likeness (QED) is 0.490. The molecule has 4 heteroatoms. The summed E-state index contributed by atoms with van der Waals surface area (Å²) in [6.07, 6.45) is 9.59. The van der Waals surface area contributed by atoms with E-state index in [1.54, 1.807) is 6.20 Å². The molecular formula is C21H30N2O2. The van der Waals surface area contributed by atoms with Crippen molar-refractivity contribution in [1.29, 1.82) is 0 Å². The fraction of sp³-hybridized carbons (Fsp3) is 0.571. The Bertz CT molecular complexity index is 606. The van der Waals surface area contributed by atoms with Crippen LogP contribution in [0.2, 0.25) is 0 Å². The summed E-state index contributed by atoms with van der Waals surface area (Å²) in [5.74, 6) is 0.443. The number of hydrogen-bond donors (Lipinski definition) is 0. The van der Waals surface area contributed by atoms with Crippen molar-refractivity contribution < 1.29 is 9.59 Å². The second kappa shape index (κ2) is 9.50. The molecule has 0 spiro atoms. The molecule has 25 heavy (non-hydrogen) atoms. The van der Waals surface area contributed by atoms with Gasteiger partial charge in [0.15, 0.2) is 0 Å². The predicted molar refractivity (Wildman–Crippen MR) is 99.6 cm³/mol. The van der Waals surface area contributed by atoms with Crippen LogP contribution in [0, 0.1) is 11.8 Å². The lowest BCUT2D eigenvalue weighted by atomic mass is 9.94. The second-order valence-corrected chi connectivity index (χ2v) is 7.44. The highest BCUT2D eigenvalue weighted by Crippen LogP contribution is 2.27. The van der Waals surface area contributed by atoms with Gasteiger partial charge in [-0.2, -0.15) is 0 Å². The normalized spacial score (nSPS) is 18.5. The van der Waals surface area contributed by atoms with Crippen LogP contribution in [0.3, 0.4) is 0 Å². The SMILES string of the molecule is CC(C)=CCCC(C)CCCC1CC(=O)N(Cc2ccccn2)C1=O. The third kappa shape index (κ3) is 6.11. The molecule has 1 aliphatic heterocycles. The molecule has 0 bridgehead atoms. The Labute approximate surface area is 151 Å². The van der Waals surface area contributed by atoms with E-state index in [4.69, 9.17) is 0 Å². The van der Waals surface area contributed by atoms with Crippen molar-refractivity contribution in [1.82, 2.24) is 9.88 Å². The largest absolute Gasteiger partial charge is 0.276 e. The lowest BCUT2D eigenvalue weighted by molar-refractivity contribution is -0.140. The Morgan fingerprint density at radius 3 is 2.80 bits per heavy atom. The number of rotatable bonds is 9. The smallest absolute Gasteiger partial charge is 0.233 e. The topological polar surface area (TPSA) is 50.3 Å². The molecule has 2 heterocycles. The first-order valence-electron chi connectivity index (χ1n) is 9.35. The monoisotopic (exact) mass is 342 g/mol. The van der Waals surface area contributed by atoms with Crippen molar-refractivity contribution in [2.24, 2.45) is 11.8 Å². The lowest BCUT2D eigenvalue weighted by Gasteiger charge is -2.15. The lowest BCUT2D eigenvalue weighted by Crippen LogP contribution is -2.30. The van der Waals surface area contributed by atoms with Crippen LogP contribution < -0.4 is 0 Å². The van der Waals surface area contributed by atoms with Gasteiger partial charge in [-0.25, -0.2) is 0 Å². The van der Waals surface area contributed by atoms with Crippen LogP contribution in [0.4, 0.5) is 0 Å². The van der Waals surface area contributed by atoms with Gasteiger partial charge in [-0.3, -0.25) is 19.5 Å². The van der Waals surface area contributed by atoms with Crippen molar-refractivity contribution in [3.8, 4) is 0 Å². The molecule has 2 unspecified atom stereocenters. The van der Waals surface area contributed by atoms with Gasteiger partial charge >= 0.3 is 0 Å². The van der Waals surface area contributed by atoms with E-state index in [2.05, 4.69) is 31.8 Å². The zero-order chi connectivity index (χ0) is 18.2. The summed E-state index contributed by atoms with van der Waals surface area (Å²) in [5, 5.41) is 0. The summed E-state index contributed by atoms with van der Waals surface area (Å²) in [4.78, 5) is 30.3. The molecule has 2 atom stereocenters. The van der Waals surface area contributed by atoms with Crippen molar-refractivity contribution in [2.75, 3.05) is 0 Å². The fourth-order valence-electron chi connectivity index (χ4n) is 3.31. The van der Waals surface area contributed by atoms with Crippen molar-refractivity contribution in [3.05, 3.63) is 41.7 Å². The van der Waals surface area contributed by atoms with Crippen molar-refractivity contribution in [3.63, 3.8) is 0 Å². The molecule has 0 aliphatic carbocycles. The Morgan fingerprint density at radius 1 is 1.32 bits per heavy atom. The molecule has 1 aromatic heterocycles. The summed E-state index contributed by atoms with van der Waals surface area (Å²) < 4.78 is 0. The van der Waals surface area contributed by atoms with E-state index in [9.17, 15) is 9.59 Å². The zero-order valence-electron chi connectivity index (χ0n) is 15.7. The minimum atomic E-state index is -0.138. The molecule has 0 aromatic carbocycles. The van der Waals surface area contributed by atoms with Gasteiger partial charge in [0.1, 0.15) is 0 Å². The number of amides is 2. The van der Waals surface area contributed by atoms with Crippen LogP contribution in [0.5, 0.6) is 0 Å².